The first-order valence-electron chi connectivity index (χ1n) is 7.92. The van der Waals surface area contributed by atoms with Crippen LogP contribution in [0.3, 0.4) is 0 Å². The van der Waals surface area contributed by atoms with Crippen molar-refractivity contribution in [2.45, 2.75) is 11.8 Å². The van der Waals surface area contributed by atoms with Crippen LogP contribution in [0.15, 0.2) is 53.4 Å². The molecule has 0 saturated carbocycles. The summed E-state index contributed by atoms with van der Waals surface area (Å²) >= 11 is 5.76. The number of ether oxygens (including phenoxy) is 2. The lowest BCUT2D eigenvalue weighted by atomic mass is 10.2. The third-order valence-corrected chi connectivity index (χ3v) is 5.08. The molecule has 0 atom stereocenters. The maximum atomic E-state index is 12.1. The van der Waals surface area contributed by atoms with E-state index in [1.165, 1.54) is 31.2 Å². The Kier molecular flexibility index (Phi) is 7.35. The normalized spacial score (nSPS) is 11.0. The predicted molar refractivity (Wildman–Crippen MR) is 99.5 cm³/mol. The van der Waals surface area contributed by atoms with Crippen molar-refractivity contribution in [2.75, 3.05) is 19.8 Å². The number of nitrogens with one attached hydrogen (secondary N) is 1. The minimum Gasteiger partial charge on any atom is -0.490 e. The fourth-order valence-corrected chi connectivity index (χ4v) is 3.10. The number of hydrogen-bond acceptors (Lipinski definition) is 6. The number of Topliss-reactive ketones (excluding diaryl/α,β-unsaturated/α-hetero) is 1. The summed E-state index contributed by atoms with van der Waals surface area (Å²) in [5, 5.41) is 0.581. The van der Waals surface area contributed by atoms with Crippen LogP contribution < -0.4 is 9.46 Å². The van der Waals surface area contributed by atoms with Crippen LogP contribution in [0.2, 0.25) is 5.02 Å². The minimum atomic E-state index is -3.88. The highest BCUT2D eigenvalue weighted by molar-refractivity contribution is 7.89. The van der Waals surface area contributed by atoms with E-state index in [9.17, 15) is 18.0 Å². The molecule has 0 unspecified atom stereocenters. The van der Waals surface area contributed by atoms with Gasteiger partial charge in [-0.25, -0.2) is 8.42 Å². The summed E-state index contributed by atoms with van der Waals surface area (Å²) in [6, 6.07) is 12.1. The van der Waals surface area contributed by atoms with Crippen molar-refractivity contribution in [3.63, 3.8) is 0 Å². The van der Waals surface area contributed by atoms with Gasteiger partial charge in [-0.15, -0.1) is 0 Å². The van der Waals surface area contributed by atoms with E-state index in [2.05, 4.69) is 4.72 Å². The largest absolute Gasteiger partial charge is 0.490 e. The molecule has 0 aromatic heterocycles. The zero-order valence-electron chi connectivity index (χ0n) is 14.5. The third-order valence-electron chi connectivity index (χ3n) is 3.41. The molecule has 9 heteroatoms. The van der Waals surface area contributed by atoms with E-state index >= 15 is 0 Å². The second kappa shape index (κ2) is 9.50. The van der Waals surface area contributed by atoms with Crippen molar-refractivity contribution in [1.29, 1.82) is 0 Å². The number of benzene rings is 2. The number of sulfonamides is 1. The second-order valence-corrected chi connectivity index (χ2v) is 7.63. The average Bonchev–Trinajstić information content (AvgIpc) is 2.65. The van der Waals surface area contributed by atoms with Crippen LogP contribution in [0.5, 0.6) is 5.75 Å². The van der Waals surface area contributed by atoms with Crippen molar-refractivity contribution in [3.05, 3.63) is 59.1 Å². The highest BCUT2D eigenvalue weighted by Gasteiger charge is 2.16. The van der Waals surface area contributed by atoms with Gasteiger partial charge in [-0.3, -0.25) is 9.59 Å². The van der Waals surface area contributed by atoms with E-state index in [1.807, 2.05) is 0 Å². The van der Waals surface area contributed by atoms with Crippen LogP contribution in [-0.2, 0) is 19.6 Å². The molecule has 0 aliphatic heterocycles. The Hall–Kier alpha value is -2.42. The molecule has 7 nitrogen and oxygen atoms in total. The standard InChI is InChI=1S/C18H18ClNO6S/c1-13(21)14-2-8-17(9-3-14)27(23,24)20-12-18(22)26-11-10-25-16-6-4-15(19)5-7-16/h2-9,20H,10-12H2,1H3. The van der Waals surface area contributed by atoms with Crippen LogP contribution in [0.4, 0.5) is 0 Å². The molecule has 2 rings (SSSR count). The number of carbonyl (C=O) groups is 2. The lowest BCUT2D eigenvalue weighted by Crippen LogP contribution is -2.31. The zero-order chi connectivity index (χ0) is 19.9. The first-order valence-corrected chi connectivity index (χ1v) is 9.79. The Labute approximate surface area is 162 Å². The van der Waals surface area contributed by atoms with Gasteiger partial charge in [0.2, 0.25) is 10.0 Å². The highest BCUT2D eigenvalue weighted by Crippen LogP contribution is 2.15. The first kappa shape index (κ1) is 20.9. The molecule has 0 aliphatic carbocycles. The van der Waals surface area contributed by atoms with Crippen LogP contribution >= 0.6 is 11.6 Å². The van der Waals surface area contributed by atoms with Crippen LogP contribution in [0.1, 0.15) is 17.3 Å². The van der Waals surface area contributed by atoms with Gasteiger partial charge in [0.15, 0.2) is 5.78 Å². The molecule has 0 bridgehead atoms. The van der Waals surface area contributed by atoms with Crippen LogP contribution in [-0.4, -0.2) is 39.9 Å². The molecule has 0 spiro atoms. The number of rotatable bonds is 9. The van der Waals surface area contributed by atoms with Crippen molar-refractivity contribution >= 4 is 33.4 Å². The van der Waals surface area contributed by atoms with Crippen LogP contribution in [0.25, 0.3) is 0 Å². The number of ketones is 1. The monoisotopic (exact) mass is 411 g/mol. The summed E-state index contributed by atoms with van der Waals surface area (Å²) < 4.78 is 36.7. The van der Waals surface area contributed by atoms with Gasteiger partial charge in [-0.2, -0.15) is 4.72 Å². The molecule has 2 aromatic carbocycles. The number of esters is 1. The van der Waals surface area contributed by atoms with Crippen molar-refractivity contribution < 1.29 is 27.5 Å². The summed E-state index contributed by atoms with van der Waals surface area (Å²) in [5.74, 6) is -0.333. The molecular weight excluding hydrogens is 394 g/mol. The maximum Gasteiger partial charge on any atom is 0.321 e. The van der Waals surface area contributed by atoms with Crippen molar-refractivity contribution in [2.24, 2.45) is 0 Å². The van der Waals surface area contributed by atoms with Gasteiger partial charge in [0.05, 0.1) is 4.90 Å². The molecule has 144 valence electrons. The molecular formula is C18H18ClNO6S. The van der Waals surface area contributed by atoms with E-state index in [0.717, 1.165) is 0 Å². The predicted octanol–water partition coefficient (Wildman–Crippen LogP) is 2.44. The topological polar surface area (TPSA) is 98.8 Å². The zero-order valence-corrected chi connectivity index (χ0v) is 16.0. The molecule has 0 heterocycles. The maximum absolute atomic E-state index is 12.1. The van der Waals surface area contributed by atoms with Crippen LogP contribution in [0, 0.1) is 0 Å². The summed E-state index contributed by atoms with van der Waals surface area (Å²) in [6.45, 7) is 0.954. The molecule has 0 radical (unpaired) electrons. The van der Waals surface area contributed by atoms with Gasteiger partial charge in [0, 0.05) is 10.6 Å². The van der Waals surface area contributed by atoms with E-state index in [1.54, 1.807) is 24.3 Å². The van der Waals surface area contributed by atoms with E-state index in [4.69, 9.17) is 21.1 Å². The fraction of sp³-hybridized carbons (Fsp3) is 0.222. The Morgan fingerprint density at radius 1 is 1.00 bits per heavy atom. The van der Waals surface area contributed by atoms with E-state index in [0.29, 0.717) is 16.3 Å². The number of carbonyl (C=O) groups excluding carboxylic acids is 2. The Bertz CT molecular complexity index is 894. The lowest BCUT2D eigenvalue weighted by Gasteiger charge is -2.09. The quantitative estimate of drug-likeness (QED) is 0.386. The molecule has 0 amide bonds. The molecule has 27 heavy (non-hydrogen) atoms. The Morgan fingerprint density at radius 3 is 2.22 bits per heavy atom. The Morgan fingerprint density at radius 2 is 1.63 bits per heavy atom. The second-order valence-electron chi connectivity index (χ2n) is 5.43. The lowest BCUT2D eigenvalue weighted by molar-refractivity contribution is -0.142. The molecule has 2 aromatic rings. The van der Waals surface area contributed by atoms with Gasteiger partial charge in [-0.1, -0.05) is 23.7 Å². The number of hydrogen-bond donors (Lipinski definition) is 1. The van der Waals surface area contributed by atoms with Crippen molar-refractivity contribution in [3.8, 4) is 5.75 Å². The van der Waals surface area contributed by atoms with Crippen molar-refractivity contribution in [1.82, 2.24) is 4.72 Å². The Balaban J connectivity index is 1.75. The molecule has 0 saturated heterocycles. The molecule has 0 fully saturated rings. The summed E-state index contributed by atoms with van der Waals surface area (Å²) in [7, 11) is -3.88. The average molecular weight is 412 g/mol. The summed E-state index contributed by atoms with van der Waals surface area (Å²) in [4.78, 5) is 22.8. The molecule has 1 N–H and O–H groups in total. The van der Waals surface area contributed by atoms with E-state index in [-0.39, 0.29) is 23.9 Å². The smallest absolute Gasteiger partial charge is 0.321 e. The van der Waals surface area contributed by atoms with Gasteiger partial charge < -0.3 is 9.47 Å². The van der Waals surface area contributed by atoms with Gasteiger partial charge in [-0.05, 0) is 43.3 Å². The van der Waals surface area contributed by atoms with E-state index < -0.39 is 22.5 Å². The summed E-state index contributed by atoms with van der Waals surface area (Å²) in [5.41, 5.74) is 0.397. The SMILES string of the molecule is CC(=O)c1ccc(S(=O)(=O)NCC(=O)OCCOc2ccc(Cl)cc2)cc1. The highest BCUT2D eigenvalue weighted by atomic mass is 35.5. The third kappa shape index (κ3) is 6.67. The first-order chi connectivity index (χ1) is 12.8. The van der Waals surface area contributed by atoms with Gasteiger partial charge >= 0.3 is 5.97 Å². The van der Waals surface area contributed by atoms with Gasteiger partial charge in [0.25, 0.3) is 0 Å². The number of halogens is 1. The summed E-state index contributed by atoms with van der Waals surface area (Å²) in [6.07, 6.45) is 0. The minimum absolute atomic E-state index is 0.0313. The fourth-order valence-electron chi connectivity index (χ4n) is 2.00. The van der Waals surface area contributed by atoms with Gasteiger partial charge in [0.1, 0.15) is 25.5 Å². The molecule has 0 aliphatic rings.